The number of amides is 2. The summed E-state index contributed by atoms with van der Waals surface area (Å²) in [6.07, 6.45) is 3.69. The Kier molecular flexibility index (Phi) is 6.40. The molecular formula is C25H35N3O5. The molecule has 2 heterocycles. The molecule has 1 aliphatic carbocycles. The Morgan fingerprint density at radius 3 is 2.27 bits per heavy atom. The zero-order valence-corrected chi connectivity index (χ0v) is 19.9. The lowest BCUT2D eigenvalue weighted by Gasteiger charge is -2.42. The summed E-state index contributed by atoms with van der Waals surface area (Å²) in [6.45, 7) is 7.14. The second-order valence-corrected chi connectivity index (χ2v) is 10.6. The third-order valence-corrected chi connectivity index (χ3v) is 7.14. The fourth-order valence-corrected chi connectivity index (χ4v) is 5.51. The first-order chi connectivity index (χ1) is 15.6. The SMILES string of the molecule is CC(C)(C)OC(=O)N1CCC2(CC1)C(=O)N(CC(=O)O)CN2CCC1Cc2ccccc2C1. The summed E-state index contributed by atoms with van der Waals surface area (Å²) in [5.74, 6) is -0.592. The van der Waals surface area contributed by atoms with Crippen molar-refractivity contribution >= 4 is 18.0 Å². The number of carbonyl (C=O) groups excluding carboxylic acids is 2. The van der Waals surface area contributed by atoms with Gasteiger partial charge in [-0.05, 0) is 69.9 Å². The number of aliphatic carboxylic acids is 1. The number of likely N-dealkylation sites (tertiary alicyclic amines) is 1. The molecule has 2 saturated heterocycles. The first-order valence-corrected chi connectivity index (χ1v) is 11.9. The van der Waals surface area contributed by atoms with Crippen LogP contribution in [0.2, 0.25) is 0 Å². The van der Waals surface area contributed by atoms with Crippen LogP contribution in [0.4, 0.5) is 4.79 Å². The minimum Gasteiger partial charge on any atom is -0.480 e. The summed E-state index contributed by atoms with van der Waals surface area (Å²) < 4.78 is 5.50. The van der Waals surface area contributed by atoms with Gasteiger partial charge < -0.3 is 19.6 Å². The number of carbonyl (C=O) groups is 3. The lowest BCUT2D eigenvalue weighted by atomic mass is 9.85. The Bertz CT molecular complexity index is 892. The monoisotopic (exact) mass is 457 g/mol. The van der Waals surface area contributed by atoms with Gasteiger partial charge in [0.2, 0.25) is 5.91 Å². The predicted octanol–water partition coefficient (Wildman–Crippen LogP) is 2.75. The van der Waals surface area contributed by atoms with E-state index >= 15 is 0 Å². The summed E-state index contributed by atoms with van der Waals surface area (Å²) >= 11 is 0. The number of fused-ring (bicyclic) bond motifs is 1. The molecule has 1 aromatic carbocycles. The van der Waals surface area contributed by atoms with E-state index in [4.69, 9.17) is 4.74 Å². The number of nitrogens with zero attached hydrogens (tertiary/aromatic N) is 3. The lowest BCUT2D eigenvalue weighted by Crippen LogP contribution is -2.57. The number of benzene rings is 1. The van der Waals surface area contributed by atoms with Gasteiger partial charge in [0.05, 0.1) is 6.67 Å². The highest BCUT2D eigenvalue weighted by atomic mass is 16.6. The third-order valence-electron chi connectivity index (χ3n) is 7.14. The number of piperidine rings is 1. The van der Waals surface area contributed by atoms with E-state index in [0.717, 1.165) is 25.8 Å². The Balaban J connectivity index is 1.43. The van der Waals surface area contributed by atoms with E-state index in [0.29, 0.717) is 38.5 Å². The standard InChI is InChI=1S/C25H35N3O5/c1-24(2,3)33-23(32)26-12-9-25(10-13-26)22(31)27(16-21(29)30)17-28(25)11-8-18-14-19-6-4-5-7-20(19)15-18/h4-7,18H,8-17H2,1-3H3,(H,29,30). The van der Waals surface area contributed by atoms with Gasteiger partial charge in [-0.3, -0.25) is 14.5 Å². The van der Waals surface area contributed by atoms with Gasteiger partial charge in [-0.1, -0.05) is 24.3 Å². The fourth-order valence-electron chi connectivity index (χ4n) is 5.51. The van der Waals surface area contributed by atoms with Gasteiger partial charge in [-0.2, -0.15) is 0 Å². The molecule has 0 atom stereocenters. The zero-order chi connectivity index (χ0) is 23.8. The molecule has 0 aromatic heterocycles. The molecule has 180 valence electrons. The van der Waals surface area contributed by atoms with Crippen molar-refractivity contribution in [1.29, 1.82) is 0 Å². The number of carboxylic acids is 1. The van der Waals surface area contributed by atoms with E-state index in [1.54, 1.807) is 4.90 Å². The van der Waals surface area contributed by atoms with Crippen LogP contribution in [0.5, 0.6) is 0 Å². The molecule has 1 aromatic rings. The Labute approximate surface area is 195 Å². The average molecular weight is 458 g/mol. The van der Waals surface area contributed by atoms with Gasteiger partial charge in [0.15, 0.2) is 0 Å². The van der Waals surface area contributed by atoms with Crippen LogP contribution in [-0.2, 0) is 27.2 Å². The summed E-state index contributed by atoms with van der Waals surface area (Å²) in [7, 11) is 0. The summed E-state index contributed by atoms with van der Waals surface area (Å²) in [5, 5.41) is 9.31. The number of hydrogen-bond acceptors (Lipinski definition) is 5. The van der Waals surface area contributed by atoms with Crippen molar-refractivity contribution in [2.45, 2.75) is 64.0 Å². The molecule has 2 aliphatic heterocycles. The molecule has 0 bridgehead atoms. The van der Waals surface area contributed by atoms with E-state index in [1.807, 2.05) is 20.8 Å². The molecule has 3 aliphatic rings. The highest BCUT2D eigenvalue weighted by molar-refractivity contribution is 5.91. The van der Waals surface area contributed by atoms with Crippen molar-refractivity contribution in [2.24, 2.45) is 5.92 Å². The first kappa shape index (κ1) is 23.5. The molecule has 1 spiro atoms. The van der Waals surface area contributed by atoms with Gasteiger partial charge >= 0.3 is 12.1 Å². The van der Waals surface area contributed by atoms with Crippen LogP contribution in [0.3, 0.4) is 0 Å². The normalized spacial score (nSPS) is 21.0. The molecule has 0 radical (unpaired) electrons. The van der Waals surface area contributed by atoms with E-state index < -0.39 is 17.1 Å². The zero-order valence-electron chi connectivity index (χ0n) is 19.9. The van der Waals surface area contributed by atoms with Crippen molar-refractivity contribution in [2.75, 3.05) is 32.8 Å². The number of carboxylic acid groups (broad SMARTS) is 1. The highest BCUT2D eigenvalue weighted by Gasteiger charge is 2.54. The number of hydrogen-bond donors (Lipinski definition) is 1. The van der Waals surface area contributed by atoms with Crippen molar-refractivity contribution in [3.05, 3.63) is 35.4 Å². The minimum atomic E-state index is -1.00. The van der Waals surface area contributed by atoms with Crippen LogP contribution in [0.1, 0.15) is 51.2 Å². The number of ether oxygens (including phenoxy) is 1. The van der Waals surface area contributed by atoms with Crippen LogP contribution >= 0.6 is 0 Å². The second-order valence-electron chi connectivity index (χ2n) is 10.6. The Hall–Kier alpha value is -2.61. The van der Waals surface area contributed by atoms with E-state index in [2.05, 4.69) is 29.2 Å². The van der Waals surface area contributed by atoms with Crippen LogP contribution in [0.15, 0.2) is 24.3 Å². The molecule has 8 heteroatoms. The van der Waals surface area contributed by atoms with Gasteiger partial charge in [0.25, 0.3) is 0 Å². The van der Waals surface area contributed by atoms with Gasteiger partial charge in [0.1, 0.15) is 17.7 Å². The highest BCUT2D eigenvalue weighted by Crippen LogP contribution is 2.38. The Morgan fingerprint density at radius 1 is 1.12 bits per heavy atom. The Morgan fingerprint density at radius 2 is 1.73 bits per heavy atom. The summed E-state index contributed by atoms with van der Waals surface area (Å²) in [5.41, 5.74) is 1.51. The molecule has 0 saturated carbocycles. The average Bonchev–Trinajstić information content (AvgIpc) is 3.26. The molecule has 2 fully saturated rings. The molecule has 2 amide bonds. The topological polar surface area (TPSA) is 90.4 Å². The van der Waals surface area contributed by atoms with Gasteiger partial charge in [-0.25, -0.2) is 4.79 Å². The van der Waals surface area contributed by atoms with Crippen molar-refractivity contribution in [1.82, 2.24) is 14.7 Å². The number of rotatable bonds is 5. The molecule has 0 unspecified atom stereocenters. The van der Waals surface area contributed by atoms with Gasteiger partial charge in [0, 0.05) is 19.6 Å². The van der Waals surface area contributed by atoms with E-state index in [-0.39, 0.29) is 18.5 Å². The smallest absolute Gasteiger partial charge is 0.410 e. The van der Waals surface area contributed by atoms with Crippen LogP contribution in [0, 0.1) is 5.92 Å². The van der Waals surface area contributed by atoms with Crippen molar-refractivity contribution in [3.8, 4) is 0 Å². The maximum Gasteiger partial charge on any atom is 0.410 e. The summed E-state index contributed by atoms with van der Waals surface area (Å²) in [4.78, 5) is 42.6. The van der Waals surface area contributed by atoms with E-state index in [9.17, 15) is 19.5 Å². The van der Waals surface area contributed by atoms with Crippen molar-refractivity contribution < 1.29 is 24.2 Å². The third kappa shape index (κ3) is 5.00. The fraction of sp³-hybridized carbons (Fsp3) is 0.640. The second kappa shape index (κ2) is 8.97. The summed E-state index contributed by atoms with van der Waals surface area (Å²) in [6, 6.07) is 8.55. The van der Waals surface area contributed by atoms with Gasteiger partial charge in [-0.15, -0.1) is 0 Å². The first-order valence-electron chi connectivity index (χ1n) is 11.9. The molecule has 4 rings (SSSR count). The van der Waals surface area contributed by atoms with Crippen LogP contribution in [-0.4, -0.2) is 81.8 Å². The lowest BCUT2D eigenvalue weighted by molar-refractivity contribution is -0.144. The maximum atomic E-state index is 13.4. The van der Waals surface area contributed by atoms with Crippen molar-refractivity contribution in [3.63, 3.8) is 0 Å². The largest absolute Gasteiger partial charge is 0.480 e. The van der Waals surface area contributed by atoms with Crippen LogP contribution < -0.4 is 0 Å². The van der Waals surface area contributed by atoms with Crippen LogP contribution in [0.25, 0.3) is 0 Å². The molecule has 8 nitrogen and oxygen atoms in total. The molecular weight excluding hydrogens is 422 g/mol. The molecule has 33 heavy (non-hydrogen) atoms. The predicted molar refractivity (Wildman–Crippen MR) is 123 cm³/mol. The minimum absolute atomic E-state index is 0.122. The maximum absolute atomic E-state index is 13.4. The quantitative estimate of drug-likeness (QED) is 0.731. The molecule has 1 N–H and O–H groups in total. The van der Waals surface area contributed by atoms with E-state index in [1.165, 1.54) is 16.0 Å².